The quantitative estimate of drug-likeness (QED) is 0.507. The summed E-state index contributed by atoms with van der Waals surface area (Å²) in [4.78, 5) is 0. The van der Waals surface area contributed by atoms with Gasteiger partial charge >= 0.3 is 0 Å². The zero-order valence-electron chi connectivity index (χ0n) is 7.48. The third-order valence-corrected chi connectivity index (χ3v) is 3.29. The first-order chi connectivity index (χ1) is 5.27. The Balaban J connectivity index is 2.25. The van der Waals surface area contributed by atoms with E-state index >= 15 is 0 Å². The van der Waals surface area contributed by atoms with Crippen LogP contribution in [0, 0.1) is 0 Å². The van der Waals surface area contributed by atoms with Crippen LogP contribution in [0.4, 0.5) is 0 Å². The standard InChI is InChI=1S/C9H19BrN/c1-11(9-5-6-10)7-3-2-4-8-11/h2-9H2,1H3/q+1. The highest BCUT2D eigenvalue weighted by Gasteiger charge is 2.23. The molecule has 1 rings (SSSR count). The molecule has 11 heavy (non-hydrogen) atoms. The molecule has 0 unspecified atom stereocenters. The number of quaternary nitrogens is 1. The smallest absolute Gasteiger partial charge is 0.0792 e. The molecule has 0 aliphatic carbocycles. The molecular weight excluding hydrogens is 202 g/mol. The van der Waals surface area contributed by atoms with Gasteiger partial charge in [0.05, 0.1) is 26.7 Å². The average molecular weight is 221 g/mol. The van der Waals surface area contributed by atoms with Gasteiger partial charge in [-0.2, -0.15) is 0 Å². The van der Waals surface area contributed by atoms with Crippen molar-refractivity contribution in [1.82, 2.24) is 0 Å². The van der Waals surface area contributed by atoms with E-state index in [1.54, 1.807) is 0 Å². The highest BCUT2D eigenvalue weighted by molar-refractivity contribution is 9.09. The topological polar surface area (TPSA) is 0 Å². The number of hydrogen-bond donors (Lipinski definition) is 0. The Hall–Kier alpha value is 0.440. The van der Waals surface area contributed by atoms with Crippen LogP contribution in [0.2, 0.25) is 0 Å². The van der Waals surface area contributed by atoms with Gasteiger partial charge in [0, 0.05) is 11.8 Å². The van der Waals surface area contributed by atoms with Crippen molar-refractivity contribution >= 4 is 15.9 Å². The predicted molar refractivity (Wildman–Crippen MR) is 53.0 cm³/mol. The lowest BCUT2D eigenvalue weighted by atomic mass is 10.1. The van der Waals surface area contributed by atoms with Gasteiger partial charge in [-0.25, -0.2) is 0 Å². The van der Waals surface area contributed by atoms with E-state index < -0.39 is 0 Å². The zero-order valence-corrected chi connectivity index (χ0v) is 9.07. The van der Waals surface area contributed by atoms with Crippen molar-refractivity contribution in [2.45, 2.75) is 25.7 Å². The Kier molecular flexibility index (Phi) is 3.86. The third-order valence-electron chi connectivity index (χ3n) is 2.73. The number of piperidine rings is 1. The highest BCUT2D eigenvalue weighted by atomic mass is 79.9. The van der Waals surface area contributed by atoms with Crippen LogP contribution < -0.4 is 0 Å². The SMILES string of the molecule is C[N+]1(CCCBr)CCCCC1. The molecule has 0 atom stereocenters. The van der Waals surface area contributed by atoms with E-state index in [-0.39, 0.29) is 0 Å². The Morgan fingerprint density at radius 2 is 1.82 bits per heavy atom. The number of nitrogens with zero attached hydrogens (tertiary/aromatic N) is 1. The molecule has 0 saturated carbocycles. The predicted octanol–water partition coefficient (Wildman–Crippen LogP) is 2.40. The maximum absolute atomic E-state index is 3.49. The molecule has 0 aromatic carbocycles. The summed E-state index contributed by atoms with van der Waals surface area (Å²) >= 11 is 3.49. The van der Waals surface area contributed by atoms with Gasteiger partial charge in [-0.15, -0.1) is 0 Å². The first-order valence-electron chi connectivity index (χ1n) is 4.66. The van der Waals surface area contributed by atoms with Gasteiger partial charge in [-0.3, -0.25) is 0 Å². The van der Waals surface area contributed by atoms with Crippen LogP contribution >= 0.6 is 15.9 Å². The van der Waals surface area contributed by atoms with Crippen molar-refractivity contribution in [3.63, 3.8) is 0 Å². The number of hydrogen-bond acceptors (Lipinski definition) is 0. The Bertz CT molecular complexity index is 108. The van der Waals surface area contributed by atoms with Gasteiger partial charge in [-0.05, 0) is 19.3 Å². The van der Waals surface area contributed by atoms with E-state index in [4.69, 9.17) is 0 Å². The summed E-state index contributed by atoms with van der Waals surface area (Å²) in [5, 5.41) is 1.17. The molecule has 0 amide bonds. The first kappa shape index (κ1) is 9.53. The number of halogens is 1. The van der Waals surface area contributed by atoms with Crippen LogP contribution in [0.15, 0.2) is 0 Å². The minimum atomic E-state index is 1.17. The number of alkyl halides is 1. The van der Waals surface area contributed by atoms with E-state index in [9.17, 15) is 0 Å². The molecule has 0 bridgehead atoms. The van der Waals surface area contributed by atoms with Gasteiger partial charge < -0.3 is 4.48 Å². The first-order valence-corrected chi connectivity index (χ1v) is 5.78. The van der Waals surface area contributed by atoms with Crippen LogP contribution in [-0.4, -0.2) is 36.5 Å². The second kappa shape index (κ2) is 4.46. The summed E-state index contributed by atoms with van der Waals surface area (Å²) in [5.74, 6) is 0. The Morgan fingerprint density at radius 3 is 2.36 bits per heavy atom. The molecule has 1 fully saturated rings. The van der Waals surface area contributed by atoms with Crippen molar-refractivity contribution in [1.29, 1.82) is 0 Å². The lowest BCUT2D eigenvalue weighted by Gasteiger charge is -2.37. The fraction of sp³-hybridized carbons (Fsp3) is 1.00. The van der Waals surface area contributed by atoms with Crippen LogP contribution in [0.25, 0.3) is 0 Å². The average Bonchev–Trinajstić information content (AvgIpc) is 2.03. The van der Waals surface area contributed by atoms with Crippen LogP contribution in [0.5, 0.6) is 0 Å². The van der Waals surface area contributed by atoms with Gasteiger partial charge in [0.25, 0.3) is 0 Å². The molecule has 0 aromatic rings. The van der Waals surface area contributed by atoms with Gasteiger partial charge in [-0.1, -0.05) is 15.9 Å². The molecule has 1 heterocycles. The molecular formula is C9H19BrN+. The van der Waals surface area contributed by atoms with Gasteiger partial charge in [0.1, 0.15) is 0 Å². The van der Waals surface area contributed by atoms with E-state index in [0.29, 0.717) is 0 Å². The maximum Gasteiger partial charge on any atom is 0.0792 e. The molecule has 1 saturated heterocycles. The van der Waals surface area contributed by atoms with E-state index in [2.05, 4.69) is 23.0 Å². The molecule has 66 valence electrons. The normalized spacial score (nSPS) is 23.5. The zero-order chi connectivity index (χ0) is 8.16. The fourth-order valence-electron chi connectivity index (χ4n) is 1.94. The number of rotatable bonds is 3. The molecule has 1 aliphatic rings. The summed E-state index contributed by atoms with van der Waals surface area (Å²) in [6, 6.07) is 0. The highest BCUT2D eigenvalue weighted by Crippen LogP contribution is 2.16. The molecule has 0 N–H and O–H groups in total. The summed E-state index contributed by atoms with van der Waals surface area (Å²) in [6.45, 7) is 4.19. The third kappa shape index (κ3) is 3.12. The summed E-state index contributed by atoms with van der Waals surface area (Å²) in [5.41, 5.74) is 0. The van der Waals surface area contributed by atoms with E-state index in [1.807, 2.05) is 0 Å². The lowest BCUT2D eigenvalue weighted by molar-refractivity contribution is -0.914. The Labute approximate surface area is 78.5 Å². The second-order valence-corrected chi connectivity index (χ2v) is 4.69. The minimum absolute atomic E-state index is 1.17. The van der Waals surface area contributed by atoms with E-state index in [0.717, 1.165) is 0 Å². The second-order valence-electron chi connectivity index (χ2n) is 3.89. The lowest BCUT2D eigenvalue weighted by Crippen LogP contribution is -2.48. The number of likely N-dealkylation sites (tertiary alicyclic amines) is 1. The summed E-state index contributed by atoms with van der Waals surface area (Å²) in [7, 11) is 2.40. The summed E-state index contributed by atoms with van der Waals surface area (Å²) in [6.07, 6.45) is 5.68. The van der Waals surface area contributed by atoms with E-state index in [1.165, 1.54) is 55.1 Å². The van der Waals surface area contributed by atoms with Gasteiger partial charge in [0.2, 0.25) is 0 Å². The molecule has 0 aromatic heterocycles. The maximum atomic E-state index is 3.49. The fourth-order valence-corrected chi connectivity index (χ4v) is 2.19. The molecule has 2 heteroatoms. The van der Waals surface area contributed by atoms with Crippen molar-refractivity contribution in [3.8, 4) is 0 Å². The van der Waals surface area contributed by atoms with Crippen molar-refractivity contribution in [2.75, 3.05) is 32.0 Å². The molecule has 0 spiro atoms. The van der Waals surface area contributed by atoms with Gasteiger partial charge in [0.15, 0.2) is 0 Å². The minimum Gasteiger partial charge on any atom is -0.326 e. The van der Waals surface area contributed by atoms with Crippen molar-refractivity contribution in [3.05, 3.63) is 0 Å². The molecule has 1 aliphatic heterocycles. The molecule has 0 radical (unpaired) electrons. The van der Waals surface area contributed by atoms with Crippen LogP contribution in [0.3, 0.4) is 0 Å². The van der Waals surface area contributed by atoms with Crippen molar-refractivity contribution < 1.29 is 4.48 Å². The van der Waals surface area contributed by atoms with Crippen LogP contribution in [0.1, 0.15) is 25.7 Å². The monoisotopic (exact) mass is 220 g/mol. The van der Waals surface area contributed by atoms with Crippen molar-refractivity contribution in [2.24, 2.45) is 0 Å². The largest absolute Gasteiger partial charge is 0.326 e. The summed E-state index contributed by atoms with van der Waals surface area (Å²) < 4.78 is 1.32. The Morgan fingerprint density at radius 1 is 1.18 bits per heavy atom. The van der Waals surface area contributed by atoms with Crippen LogP contribution in [-0.2, 0) is 0 Å². The molecule has 1 nitrogen and oxygen atoms in total.